The first-order valence-corrected chi connectivity index (χ1v) is 5.48. The smallest absolute Gasteiger partial charge is 0.169 e. The van der Waals surface area contributed by atoms with Gasteiger partial charge in [0.25, 0.3) is 0 Å². The molecule has 0 radical (unpaired) electrons. The molecule has 0 saturated carbocycles. The number of ketones is 1. The van der Waals surface area contributed by atoms with Gasteiger partial charge in [0.05, 0.1) is 5.56 Å². The van der Waals surface area contributed by atoms with E-state index < -0.39 is 0 Å². The third-order valence-corrected chi connectivity index (χ3v) is 2.50. The number of phenols is 1. The highest BCUT2D eigenvalue weighted by atomic mass is 16.3. The Bertz CT molecular complexity index is 401. The van der Waals surface area contributed by atoms with Crippen molar-refractivity contribution < 1.29 is 9.90 Å². The van der Waals surface area contributed by atoms with Crippen molar-refractivity contribution in [3.8, 4) is 5.75 Å². The molecule has 0 aliphatic rings. The molecule has 1 aromatic rings. The first-order valence-electron chi connectivity index (χ1n) is 5.48. The molecule has 1 N–H and O–H groups in total. The number of allylic oxidation sites excluding steroid dienone is 2. The van der Waals surface area contributed by atoms with Crippen LogP contribution in [0.3, 0.4) is 0 Å². The van der Waals surface area contributed by atoms with Crippen LogP contribution < -0.4 is 0 Å². The normalized spacial score (nSPS) is 11.9. The van der Waals surface area contributed by atoms with Crippen LogP contribution in [0.2, 0.25) is 0 Å². The second kappa shape index (κ2) is 5.50. The molecule has 0 aliphatic carbocycles. The molecule has 1 unspecified atom stereocenters. The van der Waals surface area contributed by atoms with E-state index in [0.29, 0.717) is 5.56 Å². The summed E-state index contributed by atoms with van der Waals surface area (Å²) in [6.07, 6.45) is 2.76. The van der Waals surface area contributed by atoms with E-state index in [1.807, 2.05) is 26.8 Å². The molecule has 86 valence electrons. The van der Waals surface area contributed by atoms with Crippen LogP contribution in [0, 0.1) is 5.92 Å². The number of Topliss-reactive ketones (excluding diaryl/α,β-unsaturated/α-hetero) is 1. The molecule has 0 saturated heterocycles. The average Bonchev–Trinajstić information content (AvgIpc) is 2.25. The highest BCUT2D eigenvalue weighted by molar-refractivity contribution is 6.00. The molecule has 0 amide bonds. The summed E-state index contributed by atoms with van der Waals surface area (Å²) in [6.45, 7) is 5.91. The van der Waals surface area contributed by atoms with E-state index in [1.54, 1.807) is 24.3 Å². The van der Waals surface area contributed by atoms with Crippen LogP contribution in [0.5, 0.6) is 5.75 Å². The van der Waals surface area contributed by atoms with Crippen molar-refractivity contribution in [2.45, 2.75) is 27.2 Å². The zero-order valence-corrected chi connectivity index (χ0v) is 10.0. The van der Waals surface area contributed by atoms with Gasteiger partial charge in [0.15, 0.2) is 5.78 Å². The second-order valence-electron chi connectivity index (χ2n) is 4.30. The molecule has 2 heteroatoms. The van der Waals surface area contributed by atoms with Gasteiger partial charge in [-0.25, -0.2) is 0 Å². The molecule has 2 nitrogen and oxygen atoms in total. The Morgan fingerprint density at radius 1 is 1.38 bits per heavy atom. The highest BCUT2D eigenvalue weighted by Crippen LogP contribution is 2.21. The standard InChI is InChI=1S/C14H18O2/c1-10(2)8-9-11(3)14(16)12-6-4-5-7-13(12)15/h4-8,11,15H,9H2,1-3H3. The molecule has 0 aromatic heterocycles. The van der Waals surface area contributed by atoms with E-state index in [0.717, 1.165) is 6.42 Å². The average molecular weight is 218 g/mol. The van der Waals surface area contributed by atoms with Gasteiger partial charge in [-0.2, -0.15) is 0 Å². The van der Waals surface area contributed by atoms with Gasteiger partial charge < -0.3 is 5.11 Å². The molecule has 0 spiro atoms. The van der Waals surface area contributed by atoms with Crippen LogP contribution in [-0.4, -0.2) is 10.9 Å². The van der Waals surface area contributed by atoms with Gasteiger partial charge in [-0.3, -0.25) is 4.79 Å². The van der Waals surface area contributed by atoms with Crippen molar-refractivity contribution in [3.05, 3.63) is 41.5 Å². The first-order chi connectivity index (χ1) is 7.52. The summed E-state index contributed by atoms with van der Waals surface area (Å²) in [4.78, 5) is 12.0. The van der Waals surface area contributed by atoms with Crippen LogP contribution in [0.25, 0.3) is 0 Å². The quantitative estimate of drug-likeness (QED) is 0.619. The minimum absolute atomic E-state index is 0.00407. The van der Waals surface area contributed by atoms with Gasteiger partial charge in [0.1, 0.15) is 5.75 Å². The number of aromatic hydroxyl groups is 1. The Morgan fingerprint density at radius 3 is 2.56 bits per heavy atom. The number of phenolic OH excluding ortho intramolecular Hbond substituents is 1. The predicted octanol–water partition coefficient (Wildman–Crippen LogP) is 3.57. The molecule has 0 bridgehead atoms. The molecule has 0 aliphatic heterocycles. The number of rotatable bonds is 4. The number of hydrogen-bond donors (Lipinski definition) is 1. The monoisotopic (exact) mass is 218 g/mol. The van der Waals surface area contributed by atoms with Gasteiger partial charge in [0, 0.05) is 5.92 Å². The lowest BCUT2D eigenvalue weighted by Gasteiger charge is -2.09. The Balaban J connectivity index is 2.79. The predicted molar refractivity (Wildman–Crippen MR) is 65.6 cm³/mol. The van der Waals surface area contributed by atoms with E-state index in [9.17, 15) is 9.90 Å². The van der Waals surface area contributed by atoms with E-state index in [1.165, 1.54) is 5.57 Å². The third kappa shape index (κ3) is 3.23. The van der Waals surface area contributed by atoms with Gasteiger partial charge in [-0.05, 0) is 32.4 Å². The SMILES string of the molecule is CC(C)=CCC(C)C(=O)c1ccccc1O. The minimum atomic E-state index is -0.0943. The summed E-state index contributed by atoms with van der Waals surface area (Å²) in [5.41, 5.74) is 1.62. The van der Waals surface area contributed by atoms with Crippen LogP contribution >= 0.6 is 0 Å². The lowest BCUT2D eigenvalue weighted by atomic mass is 9.95. The third-order valence-electron chi connectivity index (χ3n) is 2.50. The first kappa shape index (κ1) is 12.5. The number of carbonyl (C=O) groups excluding carboxylic acids is 1. The fourth-order valence-electron chi connectivity index (χ4n) is 1.47. The number of para-hydroxylation sites is 1. The van der Waals surface area contributed by atoms with Crippen molar-refractivity contribution in [1.29, 1.82) is 0 Å². The summed E-state index contributed by atoms with van der Waals surface area (Å²) in [5.74, 6) is -0.0321. The zero-order valence-electron chi connectivity index (χ0n) is 10.0. The topological polar surface area (TPSA) is 37.3 Å². The van der Waals surface area contributed by atoms with E-state index in [2.05, 4.69) is 0 Å². The Morgan fingerprint density at radius 2 is 2.00 bits per heavy atom. The minimum Gasteiger partial charge on any atom is -0.507 e. The van der Waals surface area contributed by atoms with Gasteiger partial charge in [-0.1, -0.05) is 30.7 Å². The van der Waals surface area contributed by atoms with Crippen LogP contribution in [0.4, 0.5) is 0 Å². The Hall–Kier alpha value is -1.57. The van der Waals surface area contributed by atoms with E-state index in [4.69, 9.17) is 0 Å². The maximum absolute atomic E-state index is 12.0. The van der Waals surface area contributed by atoms with E-state index >= 15 is 0 Å². The molecular weight excluding hydrogens is 200 g/mol. The molecule has 0 fully saturated rings. The fraction of sp³-hybridized carbons (Fsp3) is 0.357. The van der Waals surface area contributed by atoms with E-state index in [-0.39, 0.29) is 17.5 Å². The van der Waals surface area contributed by atoms with Crippen LogP contribution in [0.1, 0.15) is 37.6 Å². The Labute approximate surface area is 96.6 Å². The van der Waals surface area contributed by atoms with Gasteiger partial charge >= 0.3 is 0 Å². The summed E-state index contributed by atoms with van der Waals surface area (Å²) in [7, 11) is 0. The van der Waals surface area contributed by atoms with Gasteiger partial charge in [-0.15, -0.1) is 0 Å². The van der Waals surface area contributed by atoms with Crippen LogP contribution in [-0.2, 0) is 0 Å². The molecule has 1 atom stereocenters. The van der Waals surface area contributed by atoms with Crippen LogP contribution in [0.15, 0.2) is 35.9 Å². The molecule has 1 rings (SSSR count). The number of hydrogen-bond acceptors (Lipinski definition) is 2. The molecule has 1 aromatic carbocycles. The second-order valence-corrected chi connectivity index (χ2v) is 4.30. The highest BCUT2D eigenvalue weighted by Gasteiger charge is 2.16. The lowest BCUT2D eigenvalue weighted by molar-refractivity contribution is 0.0928. The van der Waals surface area contributed by atoms with Gasteiger partial charge in [0.2, 0.25) is 0 Å². The number of benzene rings is 1. The summed E-state index contributed by atoms with van der Waals surface area (Å²) < 4.78 is 0. The zero-order chi connectivity index (χ0) is 12.1. The summed E-state index contributed by atoms with van der Waals surface area (Å²) in [6, 6.07) is 6.69. The maximum Gasteiger partial charge on any atom is 0.169 e. The summed E-state index contributed by atoms with van der Waals surface area (Å²) in [5, 5.41) is 9.57. The van der Waals surface area contributed by atoms with Crippen molar-refractivity contribution in [2.24, 2.45) is 5.92 Å². The Kier molecular flexibility index (Phi) is 4.29. The van der Waals surface area contributed by atoms with Crippen molar-refractivity contribution in [2.75, 3.05) is 0 Å². The maximum atomic E-state index is 12.0. The van der Waals surface area contributed by atoms with Crippen molar-refractivity contribution in [3.63, 3.8) is 0 Å². The molecule has 0 heterocycles. The summed E-state index contributed by atoms with van der Waals surface area (Å²) >= 11 is 0. The lowest BCUT2D eigenvalue weighted by Crippen LogP contribution is -2.10. The van der Waals surface area contributed by atoms with Crippen molar-refractivity contribution >= 4 is 5.78 Å². The fourth-order valence-corrected chi connectivity index (χ4v) is 1.47. The number of carbonyl (C=O) groups is 1. The molecular formula is C14H18O2. The van der Waals surface area contributed by atoms with Crippen molar-refractivity contribution in [1.82, 2.24) is 0 Å². The largest absolute Gasteiger partial charge is 0.507 e. The molecule has 16 heavy (non-hydrogen) atoms.